The lowest BCUT2D eigenvalue weighted by atomic mass is 10.1. The van der Waals surface area contributed by atoms with E-state index in [0.29, 0.717) is 6.61 Å². The van der Waals surface area contributed by atoms with Gasteiger partial charge in [-0.15, -0.1) is 0 Å². The van der Waals surface area contributed by atoms with Gasteiger partial charge in [0.15, 0.2) is 0 Å². The number of nitrogens with one attached hydrogen (secondary N) is 1. The van der Waals surface area contributed by atoms with Gasteiger partial charge in [0.05, 0.1) is 6.04 Å². The predicted molar refractivity (Wildman–Crippen MR) is 84.0 cm³/mol. The van der Waals surface area contributed by atoms with Gasteiger partial charge in [0.2, 0.25) is 5.91 Å². The summed E-state index contributed by atoms with van der Waals surface area (Å²) >= 11 is 0. The summed E-state index contributed by atoms with van der Waals surface area (Å²) in [6, 6.07) is 8.49. The Morgan fingerprint density at radius 3 is 2.52 bits per heavy atom. The highest BCUT2D eigenvalue weighted by atomic mass is 16.5. The second-order valence-corrected chi connectivity index (χ2v) is 5.50. The van der Waals surface area contributed by atoms with E-state index in [0.717, 1.165) is 31.4 Å². The molecule has 2 rings (SSSR count). The van der Waals surface area contributed by atoms with Crippen LogP contribution >= 0.6 is 0 Å². The Morgan fingerprint density at radius 2 is 1.95 bits per heavy atom. The molecule has 4 nitrogen and oxygen atoms in total. The maximum Gasteiger partial charge on any atom is 0.241 e. The zero-order valence-corrected chi connectivity index (χ0v) is 13.3. The SMILES string of the molecule is CCc1ccc(C2NC(CC)C(=O)N2CCCOC)cc1. The number of rotatable bonds is 7. The fourth-order valence-corrected chi connectivity index (χ4v) is 2.80. The first-order valence-corrected chi connectivity index (χ1v) is 7.85. The summed E-state index contributed by atoms with van der Waals surface area (Å²) in [6.45, 7) is 5.61. The van der Waals surface area contributed by atoms with Gasteiger partial charge in [0.25, 0.3) is 0 Å². The molecule has 1 aromatic carbocycles. The Morgan fingerprint density at radius 1 is 1.24 bits per heavy atom. The van der Waals surface area contributed by atoms with Crippen molar-refractivity contribution >= 4 is 5.91 Å². The van der Waals surface area contributed by atoms with Crippen molar-refractivity contribution in [2.45, 2.75) is 45.3 Å². The highest BCUT2D eigenvalue weighted by Gasteiger charge is 2.37. The molecule has 0 aliphatic carbocycles. The molecule has 1 aliphatic rings. The molecule has 1 amide bonds. The zero-order chi connectivity index (χ0) is 15.2. The van der Waals surface area contributed by atoms with Crippen molar-refractivity contribution in [3.63, 3.8) is 0 Å². The van der Waals surface area contributed by atoms with Gasteiger partial charge in [-0.2, -0.15) is 0 Å². The molecule has 0 aromatic heterocycles. The smallest absolute Gasteiger partial charge is 0.241 e. The molecular formula is C17H26N2O2. The van der Waals surface area contributed by atoms with Crippen LogP contribution < -0.4 is 5.32 Å². The summed E-state index contributed by atoms with van der Waals surface area (Å²) in [6.07, 6.45) is 2.71. The standard InChI is InChI=1S/C17H26N2O2/c1-4-13-7-9-14(10-8-13)16-18-15(5-2)17(20)19(16)11-6-12-21-3/h7-10,15-16,18H,4-6,11-12H2,1-3H3. The molecule has 2 unspecified atom stereocenters. The number of aryl methyl sites for hydroxylation is 1. The fraction of sp³-hybridized carbons (Fsp3) is 0.588. The van der Waals surface area contributed by atoms with Gasteiger partial charge in [-0.05, 0) is 30.4 Å². The van der Waals surface area contributed by atoms with E-state index in [-0.39, 0.29) is 18.1 Å². The van der Waals surface area contributed by atoms with E-state index >= 15 is 0 Å². The van der Waals surface area contributed by atoms with E-state index in [4.69, 9.17) is 4.74 Å². The Hall–Kier alpha value is -1.39. The number of amides is 1. The molecule has 0 saturated carbocycles. The molecule has 4 heteroatoms. The highest BCUT2D eigenvalue weighted by Crippen LogP contribution is 2.27. The minimum Gasteiger partial charge on any atom is -0.385 e. The van der Waals surface area contributed by atoms with Gasteiger partial charge >= 0.3 is 0 Å². The molecule has 1 aromatic rings. The fourth-order valence-electron chi connectivity index (χ4n) is 2.80. The molecule has 0 bridgehead atoms. The number of carbonyl (C=O) groups is 1. The van der Waals surface area contributed by atoms with Crippen molar-refractivity contribution in [2.75, 3.05) is 20.3 Å². The zero-order valence-electron chi connectivity index (χ0n) is 13.3. The molecule has 1 aliphatic heterocycles. The Labute approximate surface area is 127 Å². The summed E-state index contributed by atoms with van der Waals surface area (Å²) in [5, 5.41) is 3.46. The summed E-state index contributed by atoms with van der Waals surface area (Å²) < 4.78 is 5.10. The van der Waals surface area contributed by atoms with Crippen molar-refractivity contribution in [3.8, 4) is 0 Å². The average Bonchev–Trinajstić information content (AvgIpc) is 2.84. The topological polar surface area (TPSA) is 41.6 Å². The van der Waals surface area contributed by atoms with Gasteiger partial charge in [0.1, 0.15) is 6.17 Å². The minimum atomic E-state index is -0.0663. The van der Waals surface area contributed by atoms with Gasteiger partial charge in [0, 0.05) is 20.3 Å². The Balaban J connectivity index is 2.14. The number of carbonyl (C=O) groups excluding carboxylic acids is 1. The minimum absolute atomic E-state index is 0.00906. The van der Waals surface area contributed by atoms with E-state index in [1.54, 1.807) is 7.11 Å². The van der Waals surface area contributed by atoms with Crippen LogP contribution in [0.1, 0.15) is 44.0 Å². The van der Waals surface area contributed by atoms with Crippen molar-refractivity contribution in [2.24, 2.45) is 0 Å². The number of benzene rings is 1. The highest BCUT2D eigenvalue weighted by molar-refractivity contribution is 5.84. The molecule has 1 saturated heterocycles. The third kappa shape index (κ3) is 3.63. The molecule has 1 fully saturated rings. The summed E-state index contributed by atoms with van der Waals surface area (Å²) in [5.41, 5.74) is 2.48. The molecule has 116 valence electrons. The van der Waals surface area contributed by atoms with E-state index < -0.39 is 0 Å². The van der Waals surface area contributed by atoms with Crippen LogP contribution in [0, 0.1) is 0 Å². The van der Waals surface area contributed by atoms with E-state index in [1.165, 1.54) is 5.56 Å². The van der Waals surface area contributed by atoms with Crippen LogP contribution in [0.4, 0.5) is 0 Å². The Bertz CT molecular complexity index is 458. The number of nitrogens with zero attached hydrogens (tertiary/aromatic N) is 1. The predicted octanol–water partition coefficient (Wildman–Crippen LogP) is 2.49. The normalized spacial score (nSPS) is 22.0. The van der Waals surface area contributed by atoms with Crippen molar-refractivity contribution in [3.05, 3.63) is 35.4 Å². The number of methoxy groups -OCH3 is 1. The lowest BCUT2D eigenvalue weighted by Crippen LogP contribution is -2.32. The van der Waals surface area contributed by atoms with Gasteiger partial charge < -0.3 is 9.64 Å². The average molecular weight is 290 g/mol. The molecule has 1 N–H and O–H groups in total. The van der Waals surface area contributed by atoms with Crippen LogP contribution in [0.15, 0.2) is 24.3 Å². The maximum atomic E-state index is 12.5. The molecule has 0 spiro atoms. The first-order chi connectivity index (χ1) is 10.2. The lowest BCUT2D eigenvalue weighted by molar-refractivity contribution is -0.130. The number of hydrogen-bond donors (Lipinski definition) is 1. The summed E-state index contributed by atoms with van der Waals surface area (Å²) in [5.74, 6) is 0.207. The summed E-state index contributed by atoms with van der Waals surface area (Å²) in [7, 11) is 1.69. The molecule has 21 heavy (non-hydrogen) atoms. The lowest BCUT2D eigenvalue weighted by Gasteiger charge is -2.24. The molecular weight excluding hydrogens is 264 g/mol. The van der Waals surface area contributed by atoms with Gasteiger partial charge in [-0.25, -0.2) is 0 Å². The molecule has 2 atom stereocenters. The first kappa shape index (κ1) is 16.0. The second-order valence-electron chi connectivity index (χ2n) is 5.50. The van der Waals surface area contributed by atoms with Crippen LogP contribution in [0.3, 0.4) is 0 Å². The first-order valence-electron chi connectivity index (χ1n) is 7.85. The number of hydrogen-bond acceptors (Lipinski definition) is 3. The van der Waals surface area contributed by atoms with Crippen LogP contribution in [0.5, 0.6) is 0 Å². The maximum absolute atomic E-state index is 12.5. The van der Waals surface area contributed by atoms with Crippen molar-refractivity contribution in [1.29, 1.82) is 0 Å². The van der Waals surface area contributed by atoms with Crippen LogP contribution in [0.25, 0.3) is 0 Å². The van der Waals surface area contributed by atoms with Crippen LogP contribution in [-0.4, -0.2) is 37.1 Å². The number of ether oxygens (including phenoxy) is 1. The van der Waals surface area contributed by atoms with Crippen LogP contribution in [0.2, 0.25) is 0 Å². The third-order valence-electron chi connectivity index (χ3n) is 4.11. The van der Waals surface area contributed by atoms with Gasteiger partial charge in [-0.3, -0.25) is 10.1 Å². The van der Waals surface area contributed by atoms with E-state index in [2.05, 4.69) is 36.5 Å². The third-order valence-corrected chi connectivity index (χ3v) is 4.11. The van der Waals surface area contributed by atoms with Crippen LogP contribution in [-0.2, 0) is 16.0 Å². The summed E-state index contributed by atoms with van der Waals surface area (Å²) in [4.78, 5) is 14.4. The largest absolute Gasteiger partial charge is 0.385 e. The monoisotopic (exact) mass is 290 g/mol. The van der Waals surface area contributed by atoms with Crippen molar-refractivity contribution in [1.82, 2.24) is 10.2 Å². The van der Waals surface area contributed by atoms with E-state index in [1.807, 2.05) is 11.8 Å². The quantitative estimate of drug-likeness (QED) is 0.785. The van der Waals surface area contributed by atoms with Gasteiger partial charge in [-0.1, -0.05) is 38.1 Å². The van der Waals surface area contributed by atoms with E-state index in [9.17, 15) is 4.79 Å². The Kier molecular flexibility index (Phi) is 5.76. The van der Waals surface area contributed by atoms with Crippen molar-refractivity contribution < 1.29 is 9.53 Å². The molecule has 1 heterocycles. The second kappa shape index (κ2) is 7.57. The molecule has 0 radical (unpaired) electrons.